The molecule has 0 radical (unpaired) electrons. The van der Waals surface area contributed by atoms with E-state index in [1.54, 1.807) is 24.3 Å². The van der Waals surface area contributed by atoms with Crippen LogP contribution in [0.25, 0.3) is 0 Å². The van der Waals surface area contributed by atoms with Crippen LogP contribution in [0.2, 0.25) is 0 Å². The van der Waals surface area contributed by atoms with E-state index in [-0.39, 0.29) is 16.9 Å². The molecule has 0 aliphatic heterocycles. The highest BCUT2D eigenvalue weighted by Gasteiger charge is 2.34. The molecule has 2 heteroatoms. The summed E-state index contributed by atoms with van der Waals surface area (Å²) in [6.07, 6.45) is 0.867. The van der Waals surface area contributed by atoms with Crippen LogP contribution in [0.5, 0.6) is 11.5 Å². The summed E-state index contributed by atoms with van der Waals surface area (Å²) in [4.78, 5) is 0. The molecule has 3 aromatic carbocycles. The van der Waals surface area contributed by atoms with Crippen LogP contribution in [-0.4, -0.2) is 10.2 Å². The van der Waals surface area contributed by atoms with E-state index in [1.165, 1.54) is 11.1 Å². The van der Waals surface area contributed by atoms with Gasteiger partial charge in [-0.2, -0.15) is 0 Å². The molecule has 0 saturated heterocycles. The summed E-state index contributed by atoms with van der Waals surface area (Å²) in [5.74, 6) is 0.525. The van der Waals surface area contributed by atoms with Crippen molar-refractivity contribution in [3.8, 4) is 11.5 Å². The maximum Gasteiger partial charge on any atom is 0.115 e. The Hall–Kier alpha value is -2.74. The first-order valence-corrected chi connectivity index (χ1v) is 8.22. The summed E-state index contributed by atoms with van der Waals surface area (Å²) in [5.41, 5.74) is 4.34. The van der Waals surface area contributed by atoms with Crippen LogP contribution < -0.4 is 0 Å². The number of aromatic hydroxyl groups is 2. The van der Waals surface area contributed by atoms with Crippen molar-refractivity contribution >= 4 is 0 Å². The lowest BCUT2D eigenvalue weighted by Crippen LogP contribution is -2.28. The van der Waals surface area contributed by atoms with Crippen molar-refractivity contribution < 1.29 is 10.2 Å². The molecular formula is C22H22O2. The lowest BCUT2D eigenvalue weighted by atomic mass is 9.67. The van der Waals surface area contributed by atoms with Gasteiger partial charge in [0.15, 0.2) is 0 Å². The maximum atomic E-state index is 9.68. The molecule has 0 atom stereocenters. The Labute approximate surface area is 143 Å². The van der Waals surface area contributed by atoms with Gasteiger partial charge >= 0.3 is 0 Å². The predicted octanol–water partition coefficient (Wildman–Crippen LogP) is 5.15. The Morgan fingerprint density at radius 2 is 1.21 bits per heavy atom. The summed E-state index contributed by atoms with van der Waals surface area (Å²) < 4.78 is 0. The Morgan fingerprint density at radius 1 is 0.708 bits per heavy atom. The van der Waals surface area contributed by atoms with Gasteiger partial charge < -0.3 is 10.2 Å². The highest BCUT2D eigenvalue weighted by Crippen LogP contribution is 2.43. The summed E-state index contributed by atoms with van der Waals surface area (Å²) in [6, 6.07) is 23.4. The van der Waals surface area contributed by atoms with E-state index in [0.29, 0.717) is 0 Å². The molecule has 0 amide bonds. The molecule has 0 aliphatic rings. The number of hydrogen-bond acceptors (Lipinski definition) is 2. The van der Waals surface area contributed by atoms with Crippen LogP contribution in [0.3, 0.4) is 0 Å². The zero-order chi connectivity index (χ0) is 17.2. The Morgan fingerprint density at radius 3 is 1.62 bits per heavy atom. The summed E-state index contributed by atoms with van der Waals surface area (Å²) in [5, 5.41) is 19.4. The smallest absolute Gasteiger partial charge is 0.115 e. The molecule has 3 aromatic rings. The molecule has 0 aliphatic carbocycles. The Bertz CT molecular complexity index is 772. The molecular weight excluding hydrogens is 296 g/mol. The van der Waals surface area contributed by atoms with E-state index >= 15 is 0 Å². The second-order valence-corrected chi connectivity index (χ2v) is 6.22. The first-order valence-electron chi connectivity index (χ1n) is 8.22. The van der Waals surface area contributed by atoms with Gasteiger partial charge in [-0.1, -0.05) is 61.0 Å². The van der Waals surface area contributed by atoms with Gasteiger partial charge in [0.1, 0.15) is 11.5 Å². The van der Waals surface area contributed by atoms with Crippen molar-refractivity contribution in [3.05, 3.63) is 95.1 Å². The summed E-state index contributed by atoms with van der Waals surface area (Å²) in [6.45, 7) is 4.26. The number of phenolic OH excluding ortho intramolecular Hbond substituents is 2. The third-order valence-electron chi connectivity index (χ3n) is 4.76. The van der Waals surface area contributed by atoms with Gasteiger partial charge in [0.05, 0.1) is 0 Å². The molecule has 2 N–H and O–H groups in total. The van der Waals surface area contributed by atoms with Gasteiger partial charge in [0.25, 0.3) is 0 Å². The first-order chi connectivity index (χ1) is 11.6. The first kappa shape index (κ1) is 16.1. The fourth-order valence-electron chi connectivity index (χ4n) is 3.51. The van der Waals surface area contributed by atoms with Gasteiger partial charge in [-0.05, 0) is 54.3 Å². The summed E-state index contributed by atoms with van der Waals surface area (Å²) in [7, 11) is 0. The van der Waals surface area contributed by atoms with E-state index in [9.17, 15) is 10.2 Å². The molecule has 0 aromatic heterocycles. The number of rotatable bonds is 4. The van der Waals surface area contributed by atoms with Gasteiger partial charge in [-0.3, -0.25) is 0 Å². The van der Waals surface area contributed by atoms with Gasteiger partial charge in [0.2, 0.25) is 0 Å². The quantitative estimate of drug-likeness (QED) is 0.653. The van der Waals surface area contributed by atoms with E-state index in [4.69, 9.17) is 0 Å². The molecule has 0 heterocycles. The van der Waals surface area contributed by atoms with E-state index < -0.39 is 0 Å². The van der Waals surface area contributed by atoms with E-state index in [2.05, 4.69) is 38.1 Å². The third kappa shape index (κ3) is 2.76. The minimum Gasteiger partial charge on any atom is -0.508 e. The number of benzene rings is 3. The molecule has 0 unspecified atom stereocenters. The van der Waals surface area contributed by atoms with Gasteiger partial charge in [-0.25, -0.2) is 0 Å². The van der Waals surface area contributed by atoms with Crippen LogP contribution in [0.15, 0.2) is 72.8 Å². The van der Waals surface area contributed by atoms with Crippen LogP contribution >= 0.6 is 0 Å². The zero-order valence-corrected chi connectivity index (χ0v) is 14.0. The van der Waals surface area contributed by atoms with Gasteiger partial charge in [-0.15, -0.1) is 0 Å². The molecule has 24 heavy (non-hydrogen) atoms. The van der Waals surface area contributed by atoms with Crippen molar-refractivity contribution in [2.45, 2.75) is 25.7 Å². The molecule has 0 bridgehead atoms. The van der Waals surface area contributed by atoms with E-state index in [1.807, 2.05) is 24.3 Å². The minimum atomic E-state index is -0.326. The molecule has 3 rings (SSSR count). The highest BCUT2D eigenvalue weighted by atomic mass is 16.3. The van der Waals surface area contributed by atoms with Crippen molar-refractivity contribution in [1.82, 2.24) is 0 Å². The maximum absolute atomic E-state index is 9.68. The third-order valence-corrected chi connectivity index (χ3v) is 4.76. The van der Waals surface area contributed by atoms with Crippen molar-refractivity contribution in [1.29, 1.82) is 0 Å². The SMILES string of the molecule is CCC(c1ccc(O)cc1)(c1ccc(O)cc1)c1cccc(C)c1. The number of aryl methyl sites for hydroxylation is 1. The minimum absolute atomic E-state index is 0.263. The van der Waals surface area contributed by atoms with Crippen LogP contribution in [0.4, 0.5) is 0 Å². The monoisotopic (exact) mass is 318 g/mol. The largest absolute Gasteiger partial charge is 0.508 e. The fourth-order valence-corrected chi connectivity index (χ4v) is 3.51. The van der Waals surface area contributed by atoms with Crippen molar-refractivity contribution in [3.63, 3.8) is 0 Å². The highest BCUT2D eigenvalue weighted by molar-refractivity contribution is 5.52. The molecule has 122 valence electrons. The van der Waals surface area contributed by atoms with Crippen LogP contribution in [0.1, 0.15) is 35.6 Å². The van der Waals surface area contributed by atoms with Crippen molar-refractivity contribution in [2.75, 3.05) is 0 Å². The van der Waals surface area contributed by atoms with Crippen molar-refractivity contribution in [2.24, 2.45) is 0 Å². The number of phenols is 2. The lowest BCUT2D eigenvalue weighted by Gasteiger charge is -2.35. The zero-order valence-electron chi connectivity index (χ0n) is 14.0. The van der Waals surface area contributed by atoms with E-state index in [0.717, 1.165) is 17.5 Å². The molecule has 0 spiro atoms. The normalized spacial score (nSPS) is 11.4. The van der Waals surface area contributed by atoms with Gasteiger partial charge in [0, 0.05) is 5.41 Å². The Balaban J connectivity index is 2.29. The molecule has 2 nitrogen and oxygen atoms in total. The predicted molar refractivity (Wildman–Crippen MR) is 97.6 cm³/mol. The fraction of sp³-hybridized carbons (Fsp3) is 0.182. The Kier molecular flexibility index (Phi) is 4.30. The lowest BCUT2D eigenvalue weighted by molar-refractivity contribution is 0.473. The van der Waals surface area contributed by atoms with Crippen LogP contribution in [0, 0.1) is 6.92 Å². The second-order valence-electron chi connectivity index (χ2n) is 6.22. The average Bonchev–Trinajstić information content (AvgIpc) is 2.59. The van der Waals surface area contributed by atoms with Crippen LogP contribution in [-0.2, 0) is 5.41 Å². The topological polar surface area (TPSA) is 40.5 Å². The molecule has 0 fully saturated rings. The molecule has 0 saturated carbocycles. The number of hydrogen-bond donors (Lipinski definition) is 2. The second kappa shape index (κ2) is 6.40. The standard InChI is InChI=1S/C22H22O2/c1-3-22(17-7-11-20(23)12-8-17,18-9-13-21(24)14-10-18)19-6-4-5-16(2)15-19/h4-15,23-24H,3H2,1-2H3. The average molecular weight is 318 g/mol. The summed E-state index contributed by atoms with van der Waals surface area (Å²) >= 11 is 0.